The number of hydrogen-bond donors (Lipinski definition) is 0. The highest BCUT2D eigenvalue weighted by Crippen LogP contribution is 2.33. The van der Waals surface area contributed by atoms with E-state index in [0.29, 0.717) is 29.8 Å². The van der Waals surface area contributed by atoms with Gasteiger partial charge in [0.25, 0.3) is 0 Å². The minimum atomic E-state index is -0.349. The van der Waals surface area contributed by atoms with Crippen LogP contribution in [0, 0.1) is 5.82 Å². The maximum atomic E-state index is 13.2. The molecular weight excluding hydrogens is 385 g/mol. The summed E-state index contributed by atoms with van der Waals surface area (Å²) < 4.78 is 20.9. The monoisotopic (exact) mass is 403 g/mol. The Morgan fingerprint density at radius 2 is 2.07 bits per heavy atom. The third-order valence-corrected chi connectivity index (χ3v) is 5.20. The van der Waals surface area contributed by atoms with Crippen LogP contribution in [0.15, 0.2) is 60.3 Å². The van der Waals surface area contributed by atoms with Gasteiger partial charge in [-0.1, -0.05) is 47.6 Å². The van der Waals surface area contributed by atoms with Gasteiger partial charge < -0.3 is 4.74 Å². The molecule has 0 aliphatic rings. The van der Waals surface area contributed by atoms with Gasteiger partial charge in [-0.05, 0) is 36.8 Å². The molecule has 0 spiro atoms. The number of aromatic nitrogens is 3. The van der Waals surface area contributed by atoms with Crippen LogP contribution >= 0.6 is 23.4 Å². The fourth-order valence-electron chi connectivity index (χ4n) is 2.60. The van der Waals surface area contributed by atoms with Crippen LogP contribution in [-0.4, -0.2) is 21.4 Å². The fourth-order valence-corrected chi connectivity index (χ4v) is 3.87. The van der Waals surface area contributed by atoms with Crippen LogP contribution in [0.1, 0.15) is 12.5 Å². The quantitative estimate of drug-likeness (QED) is 0.362. The predicted octanol–water partition coefficient (Wildman–Crippen LogP) is 5.61. The minimum absolute atomic E-state index is 0.349. The lowest BCUT2D eigenvalue weighted by molar-refractivity contribution is 0.341. The summed E-state index contributed by atoms with van der Waals surface area (Å²) in [5.74, 6) is 1.68. The summed E-state index contributed by atoms with van der Waals surface area (Å²) in [5.41, 5.74) is 1.72. The molecule has 1 aromatic heterocycles. The van der Waals surface area contributed by atoms with Crippen molar-refractivity contribution >= 4 is 23.4 Å². The third kappa shape index (κ3) is 4.51. The number of hydrogen-bond acceptors (Lipinski definition) is 4. The Balaban J connectivity index is 1.90. The molecule has 1 heterocycles. The Morgan fingerprint density at radius 3 is 2.81 bits per heavy atom. The molecule has 0 bridgehead atoms. The lowest BCUT2D eigenvalue weighted by Crippen LogP contribution is -2.02. The largest absolute Gasteiger partial charge is 0.493 e. The summed E-state index contributed by atoms with van der Waals surface area (Å²) in [6, 6.07) is 12.1. The second-order valence-corrected chi connectivity index (χ2v) is 7.01. The Labute approximate surface area is 167 Å². The van der Waals surface area contributed by atoms with E-state index < -0.39 is 0 Å². The van der Waals surface area contributed by atoms with Gasteiger partial charge in [0.15, 0.2) is 11.0 Å². The molecule has 0 radical (unpaired) electrons. The molecule has 3 aromatic rings. The van der Waals surface area contributed by atoms with Crippen molar-refractivity contribution in [2.75, 3.05) is 6.61 Å². The van der Waals surface area contributed by atoms with E-state index in [1.807, 2.05) is 35.8 Å². The predicted molar refractivity (Wildman–Crippen MR) is 108 cm³/mol. The van der Waals surface area contributed by atoms with Crippen LogP contribution in [0.5, 0.6) is 5.75 Å². The molecule has 0 atom stereocenters. The molecule has 0 fully saturated rings. The van der Waals surface area contributed by atoms with Gasteiger partial charge in [-0.3, -0.25) is 4.57 Å². The van der Waals surface area contributed by atoms with Crippen molar-refractivity contribution in [1.29, 1.82) is 0 Å². The number of allylic oxidation sites excluding steroid dienone is 1. The summed E-state index contributed by atoms with van der Waals surface area (Å²) in [6.45, 7) is 6.90. The summed E-state index contributed by atoms with van der Waals surface area (Å²) >= 11 is 7.61. The molecule has 0 saturated heterocycles. The zero-order valence-electron chi connectivity index (χ0n) is 14.9. The molecule has 0 amide bonds. The molecule has 0 unspecified atom stereocenters. The van der Waals surface area contributed by atoms with Gasteiger partial charge in [0, 0.05) is 17.3 Å². The third-order valence-electron chi connectivity index (χ3n) is 3.83. The van der Waals surface area contributed by atoms with Gasteiger partial charge in [0.2, 0.25) is 0 Å². The van der Waals surface area contributed by atoms with Gasteiger partial charge in [-0.25, -0.2) is 4.39 Å². The molecule has 0 aliphatic heterocycles. The van der Waals surface area contributed by atoms with Crippen molar-refractivity contribution in [1.82, 2.24) is 14.8 Å². The van der Waals surface area contributed by atoms with Crippen LogP contribution in [0.25, 0.3) is 11.4 Å². The second-order valence-electron chi connectivity index (χ2n) is 5.66. The molecule has 3 rings (SSSR count). The molecule has 7 heteroatoms. The number of nitrogens with zero attached hydrogens (tertiary/aromatic N) is 3. The minimum Gasteiger partial charge on any atom is -0.493 e. The van der Waals surface area contributed by atoms with Crippen molar-refractivity contribution in [2.45, 2.75) is 24.4 Å². The first-order chi connectivity index (χ1) is 13.1. The Kier molecular flexibility index (Phi) is 6.53. The number of halogens is 2. The summed E-state index contributed by atoms with van der Waals surface area (Å²) in [4.78, 5) is 0. The normalized spacial score (nSPS) is 10.8. The van der Waals surface area contributed by atoms with Crippen LogP contribution < -0.4 is 4.74 Å². The van der Waals surface area contributed by atoms with E-state index in [0.717, 1.165) is 22.0 Å². The van der Waals surface area contributed by atoms with Gasteiger partial charge in [-0.2, -0.15) is 0 Å². The Hall–Kier alpha value is -2.31. The van der Waals surface area contributed by atoms with E-state index in [-0.39, 0.29) is 5.82 Å². The molecule has 0 N–H and O–H groups in total. The van der Waals surface area contributed by atoms with E-state index in [1.54, 1.807) is 12.1 Å². The molecule has 0 aliphatic carbocycles. The van der Waals surface area contributed by atoms with E-state index in [2.05, 4.69) is 16.8 Å². The van der Waals surface area contributed by atoms with Crippen molar-refractivity contribution in [3.05, 3.63) is 71.5 Å². The molecule has 27 heavy (non-hydrogen) atoms. The maximum Gasteiger partial charge on any atom is 0.192 e. The lowest BCUT2D eigenvalue weighted by atomic mass is 10.2. The zero-order chi connectivity index (χ0) is 19.2. The Bertz CT molecular complexity index is 945. The first-order valence-corrected chi connectivity index (χ1v) is 9.83. The highest BCUT2D eigenvalue weighted by atomic mass is 35.5. The van der Waals surface area contributed by atoms with Crippen LogP contribution in [0.3, 0.4) is 0 Å². The number of rotatable bonds is 8. The topological polar surface area (TPSA) is 39.9 Å². The zero-order valence-corrected chi connectivity index (χ0v) is 16.4. The summed E-state index contributed by atoms with van der Waals surface area (Å²) in [6.07, 6.45) is 1.80. The van der Waals surface area contributed by atoms with Crippen molar-refractivity contribution in [3.63, 3.8) is 0 Å². The lowest BCUT2D eigenvalue weighted by Gasteiger charge is -2.12. The average Bonchev–Trinajstić information content (AvgIpc) is 3.05. The number of benzene rings is 2. The summed E-state index contributed by atoms with van der Waals surface area (Å²) in [7, 11) is 0. The van der Waals surface area contributed by atoms with Crippen LogP contribution in [0.2, 0.25) is 5.02 Å². The van der Waals surface area contributed by atoms with Crippen LogP contribution in [0.4, 0.5) is 4.39 Å². The standard InChI is InChI=1S/C20H19ClFN3OS/c1-3-11-25-19(16-7-5-6-8-18(16)26-4-2)23-24-20(25)27-13-14-9-10-15(22)12-17(14)21/h3,5-10,12H,1,4,11,13H2,2H3. The van der Waals surface area contributed by atoms with Crippen molar-refractivity contribution in [3.8, 4) is 17.1 Å². The first kappa shape index (κ1) is 19.5. The SMILES string of the molecule is C=CCn1c(SCc2ccc(F)cc2Cl)nnc1-c1ccccc1OCC. The van der Waals surface area contributed by atoms with Crippen molar-refractivity contribution < 1.29 is 9.13 Å². The number of thioether (sulfide) groups is 1. The summed E-state index contributed by atoms with van der Waals surface area (Å²) in [5, 5.41) is 9.83. The van der Waals surface area contributed by atoms with Crippen LogP contribution in [-0.2, 0) is 12.3 Å². The average molecular weight is 404 g/mol. The second kappa shape index (κ2) is 9.06. The smallest absolute Gasteiger partial charge is 0.192 e. The van der Waals surface area contributed by atoms with E-state index in [4.69, 9.17) is 16.3 Å². The molecule has 4 nitrogen and oxygen atoms in total. The molecule has 140 valence electrons. The molecule has 0 saturated carbocycles. The molecular formula is C20H19ClFN3OS. The number of ether oxygens (including phenoxy) is 1. The highest BCUT2D eigenvalue weighted by molar-refractivity contribution is 7.98. The van der Waals surface area contributed by atoms with Crippen molar-refractivity contribution in [2.24, 2.45) is 0 Å². The molecule has 2 aromatic carbocycles. The Morgan fingerprint density at radius 1 is 1.26 bits per heavy atom. The van der Waals surface area contributed by atoms with E-state index >= 15 is 0 Å². The van der Waals surface area contributed by atoms with Gasteiger partial charge in [0.1, 0.15) is 11.6 Å². The first-order valence-electron chi connectivity index (χ1n) is 8.47. The fraction of sp³-hybridized carbons (Fsp3) is 0.200. The van der Waals surface area contributed by atoms with Gasteiger partial charge >= 0.3 is 0 Å². The van der Waals surface area contributed by atoms with E-state index in [9.17, 15) is 4.39 Å². The maximum absolute atomic E-state index is 13.2. The highest BCUT2D eigenvalue weighted by Gasteiger charge is 2.17. The van der Waals surface area contributed by atoms with Gasteiger partial charge in [0.05, 0.1) is 12.2 Å². The van der Waals surface area contributed by atoms with E-state index in [1.165, 1.54) is 23.9 Å². The van der Waals surface area contributed by atoms with Gasteiger partial charge in [-0.15, -0.1) is 16.8 Å². The number of para-hydroxylation sites is 1.